The Balaban J connectivity index is 1.17. The normalized spacial score (nSPS) is 11.9. The van der Waals surface area contributed by atoms with E-state index in [1.807, 2.05) is 84.1 Å². The molecule has 4 aromatic heterocycles. The van der Waals surface area contributed by atoms with Crippen molar-refractivity contribution in [2.45, 2.75) is 0 Å². The van der Waals surface area contributed by atoms with Gasteiger partial charge in [0.1, 0.15) is 22.3 Å². The minimum Gasteiger partial charge on any atom is -0.456 e. The van der Waals surface area contributed by atoms with E-state index in [0.717, 1.165) is 66.1 Å². The molecule has 0 atom stereocenters. The van der Waals surface area contributed by atoms with Crippen molar-refractivity contribution < 1.29 is 8.83 Å². The summed E-state index contributed by atoms with van der Waals surface area (Å²) in [5.74, 6) is 1.72. The van der Waals surface area contributed by atoms with Crippen molar-refractivity contribution in [3.05, 3.63) is 152 Å². The second-order valence-corrected chi connectivity index (χ2v) is 13.8. The number of hydrogen-bond donors (Lipinski definition) is 0. The summed E-state index contributed by atoms with van der Waals surface area (Å²) >= 11 is 1.83. The van der Waals surface area contributed by atoms with Crippen molar-refractivity contribution in [2.24, 2.45) is 0 Å². The zero-order chi connectivity index (χ0) is 33.5. The lowest BCUT2D eigenvalue weighted by atomic mass is 9.95. The van der Waals surface area contributed by atoms with E-state index in [0.29, 0.717) is 17.5 Å². The number of nitrogens with zero attached hydrogens (tertiary/aromatic N) is 3. The molecule has 0 saturated heterocycles. The lowest BCUT2D eigenvalue weighted by Crippen LogP contribution is -2.00. The van der Waals surface area contributed by atoms with Gasteiger partial charge >= 0.3 is 0 Å². The van der Waals surface area contributed by atoms with E-state index >= 15 is 0 Å². The second-order valence-electron chi connectivity index (χ2n) is 12.7. The predicted octanol–water partition coefficient (Wildman–Crippen LogP) is 12.7. The zero-order valence-electron chi connectivity index (χ0n) is 27.0. The number of aromatic nitrogens is 3. The molecule has 11 rings (SSSR count). The average Bonchev–Trinajstić information content (AvgIpc) is 3.89. The van der Waals surface area contributed by atoms with Gasteiger partial charge in [0.25, 0.3) is 0 Å². The van der Waals surface area contributed by atoms with Gasteiger partial charge in [-0.3, -0.25) is 0 Å². The first-order valence-electron chi connectivity index (χ1n) is 16.9. The molecule has 238 valence electrons. The molecule has 0 bridgehead atoms. The van der Waals surface area contributed by atoms with Crippen LogP contribution in [0.15, 0.2) is 160 Å². The highest BCUT2D eigenvalue weighted by Gasteiger charge is 2.22. The number of benzene rings is 7. The van der Waals surface area contributed by atoms with Crippen LogP contribution >= 0.6 is 11.3 Å². The molecule has 4 heterocycles. The van der Waals surface area contributed by atoms with Gasteiger partial charge in [-0.1, -0.05) is 109 Å². The highest BCUT2D eigenvalue weighted by molar-refractivity contribution is 7.26. The molecule has 11 aromatic rings. The molecule has 0 unspecified atom stereocenters. The monoisotopic (exact) mass is 671 g/mol. The largest absolute Gasteiger partial charge is 0.456 e. The summed E-state index contributed by atoms with van der Waals surface area (Å²) in [6, 6.07) is 52.1. The minimum absolute atomic E-state index is 0.548. The molecular weight excluding hydrogens is 647 g/mol. The number of fused-ring (bicyclic) bond motifs is 9. The third-order valence-corrected chi connectivity index (χ3v) is 11.0. The zero-order valence-corrected chi connectivity index (χ0v) is 27.8. The maximum atomic E-state index is 6.75. The topological polar surface area (TPSA) is 65.0 Å². The average molecular weight is 672 g/mol. The van der Waals surface area contributed by atoms with Crippen molar-refractivity contribution in [1.82, 2.24) is 15.0 Å². The van der Waals surface area contributed by atoms with E-state index in [2.05, 4.69) is 78.9 Å². The summed E-state index contributed by atoms with van der Waals surface area (Å²) in [4.78, 5) is 15.3. The number of thiophene rings is 1. The van der Waals surface area contributed by atoms with Gasteiger partial charge in [0.2, 0.25) is 0 Å². The first kappa shape index (κ1) is 28.2. The third kappa shape index (κ3) is 4.37. The van der Waals surface area contributed by atoms with E-state index in [9.17, 15) is 0 Å². The van der Waals surface area contributed by atoms with Crippen LogP contribution in [0.2, 0.25) is 0 Å². The lowest BCUT2D eigenvalue weighted by molar-refractivity contribution is 0.669. The van der Waals surface area contributed by atoms with Crippen molar-refractivity contribution in [1.29, 1.82) is 0 Å². The molecular formula is C45H25N3O2S. The molecule has 0 amide bonds. The molecule has 51 heavy (non-hydrogen) atoms. The highest BCUT2D eigenvalue weighted by atomic mass is 32.1. The van der Waals surface area contributed by atoms with Crippen LogP contribution in [0.25, 0.3) is 109 Å². The summed E-state index contributed by atoms with van der Waals surface area (Å²) in [6.45, 7) is 0. The SMILES string of the molecule is c1ccc(-c2nc(-c3ccc4oc5ccccc5c4c3)nc(-c3ccc(-c4cccc5c4sc4ccccc45)c4c3oc3ccccc34)n2)cc1. The van der Waals surface area contributed by atoms with Gasteiger partial charge in [0.15, 0.2) is 17.5 Å². The van der Waals surface area contributed by atoms with Crippen LogP contribution < -0.4 is 0 Å². The van der Waals surface area contributed by atoms with Crippen LogP contribution in [-0.2, 0) is 0 Å². The standard InChI is InChI=1S/C45H25N3O2S/c1-2-11-26(12-3-1)43-46-44(27-21-24-38-35(25-27)28-13-4-7-18-36(28)49-38)48-45(47-43)34-23-22-30(40-33-15-5-8-19-37(33)50-41(34)40)32-17-10-16-31-29-14-6-9-20-39(29)51-42(31)32/h1-25H. The molecule has 5 nitrogen and oxygen atoms in total. The van der Waals surface area contributed by atoms with E-state index in [1.54, 1.807) is 0 Å². The van der Waals surface area contributed by atoms with Crippen molar-refractivity contribution >= 4 is 75.4 Å². The molecule has 7 aromatic carbocycles. The molecule has 0 radical (unpaired) electrons. The summed E-state index contributed by atoms with van der Waals surface area (Å²) in [5.41, 5.74) is 8.14. The van der Waals surface area contributed by atoms with Crippen LogP contribution in [0.4, 0.5) is 0 Å². The molecule has 0 aliphatic carbocycles. The fourth-order valence-electron chi connectivity index (χ4n) is 7.39. The van der Waals surface area contributed by atoms with E-state index in [4.69, 9.17) is 23.8 Å². The molecule has 0 N–H and O–H groups in total. The summed E-state index contributed by atoms with van der Waals surface area (Å²) in [6.07, 6.45) is 0. The first-order chi connectivity index (χ1) is 25.3. The van der Waals surface area contributed by atoms with Gasteiger partial charge in [-0.15, -0.1) is 11.3 Å². The number of furan rings is 2. The van der Waals surface area contributed by atoms with Gasteiger partial charge in [0.05, 0.1) is 5.56 Å². The van der Waals surface area contributed by atoms with Crippen molar-refractivity contribution in [2.75, 3.05) is 0 Å². The second kappa shape index (κ2) is 10.9. The van der Waals surface area contributed by atoms with Gasteiger partial charge in [-0.05, 0) is 48.0 Å². The Hall–Kier alpha value is -6.63. The highest BCUT2D eigenvalue weighted by Crippen LogP contribution is 2.46. The molecule has 0 fully saturated rings. The van der Waals surface area contributed by atoms with Crippen LogP contribution in [0.3, 0.4) is 0 Å². The molecule has 0 saturated carbocycles. The quantitative estimate of drug-likeness (QED) is 0.186. The minimum atomic E-state index is 0.548. The Morgan fingerprint density at radius 2 is 1.04 bits per heavy atom. The van der Waals surface area contributed by atoms with Gasteiger partial charge in [-0.25, -0.2) is 15.0 Å². The van der Waals surface area contributed by atoms with E-state index in [1.165, 1.54) is 25.7 Å². The number of hydrogen-bond acceptors (Lipinski definition) is 6. The molecule has 0 aliphatic rings. The summed E-state index contributed by atoms with van der Waals surface area (Å²) in [5, 5.41) is 6.71. The van der Waals surface area contributed by atoms with Crippen molar-refractivity contribution in [3.8, 4) is 45.3 Å². The fraction of sp³-hybridized carbons (Fsp3) is 0. The summed E-state index contributed by atoms with van der Waals surface area (Å²) in [7, 11) is 0. The lowest BCUT2D eigenvalue weighted by Gasteiger charge is -2.11. The molecule has 0 aliphatic heterocycles. The Kier molecular flexibility index (Phi) is 6.05. The molecule has 0 spiro atoms. The summed E-state index contributed by atoms with van der Waals surface area (Å²) < 4.78 is 15.4. The van der Waals surface area contributed by atoms with Crippen LogP contribution in [0.5, 0.6) is 0 Å². The maximum Gasteiger partial charge on any atom is 0.167 e. The van der Waals surface area contributed by atoms with E-state index in [-0.39, 0.29) is 0 Å². The smallest absolute Gasteiger partial charge is 0.167 e. The van der Waals surface area contributed by atoms with E-state index < -0.39 is 0 Å². The van der Waals surface area contributed by atoms with Crippen LogP contribution in [0.1, 0.15) is 0 Å². The number of rotatable bonds is 4. The maximum absolute atomic E-state index is 6.75. The first-order valence-corrected chi connectivity index (χ1v) is 17.7. The van der Waals surface area contributed by atoms with Gasteiger partial charge < -0.3 is 8.83 Å². The van der Waals surface area contributed by atoms with Gasteiger partial charge in [0, 0.05) is 58.4 Å². The van der Waals surface area contributed by atoms with Crippen LogP contribution in [-0.4, -0.2) is 15.0 Å². The number of para-hydroxylation sites is 2. The Morgan fingerprint density at radius 3 is 1.90 bits per heavy atom. The Labute approximate surface area is 295 Å². The predicted molar refractivity (Wildman–Crippen MR) is 209 cm³/mol. The molecule has 6 heteroatoms. The van der Waals surface area contributed by atoms with Gasteiger partial charge in [-0.2, -0.15) is 0 Å². The fourth-order valence-corrected chi connectivity index (χ4v) is 8.63. The van der Waals surface area contributed by atoms with Crippen molar-refractivity contribution in [3.63, 3.8) is 0 Å². The Bertz CT molecular complexity index is 3160. The third-order valence-electron chi connectivity index (χ3n) is 9.76. The Morgan fingerprint density at radius 1 is 0.392 bits per heavy atom. The van der Waals surface area contributed by atoms with Crippen LogP contribution in [0, 0.1) is 0 Å².